The van der Waals surface area contributed by atoms with Crippen molar-refractivity contribution in [2.75, 3.05) is 13.2 Å². The Labute approximate surface area is 60.5 Å². The van der Waals surface area contributed by atoms with Crippen LogP contribution in [0.25, 0.3) is 0 Å². The van der Waals surface area contributed by atoms with Crippen molar-refractivity contribution in [3.8, 4) is 0 Å². The summed E-state index contributed by atoms with van der Waals surface area (Å²) in [5.41, 5.74) is 4.88. The molecule has 0 aromatic heterocycles. The zero-order valence-electron chi connectivity index (χ0n) is 6.22. The van der Waals surface area contributed by atoms with Crippen molar-refractivity contribution in [1.82, 2.24) is 0 Å². The van der Waals surface area contributed by atoms with Crippen LogP contribution in [0, 0.1) is 5.41 Å². The van der Waals surface area contributed by atoms with E-state index in [1.54, 1.807) is 0 Å². The van der Waals surface area contributed by atoms with Crippen molar-refractivity contribution in [2.24, 2.45) is 11.1 Å². The Balaban J connectivity index is 2.67. The molecular weight excluding hydrogens is 130 g/mol. The summed E-state index contributed by atoms with van der Waals surface area (Å²) in [5.74, 6) is -0.215. The van der Waals surface area contributed by atoms with Crippen molar-refractivity contribution >= 4 is 5.91 Å². The third-order valence-corrected chi connectivity index (χ3v) is 2.30. The highest BCUT2D eigenvalue weighted by atomic mass is 16.5. The third kappa shape index (κ3) is 1.01. The first-order chi connectivity index (χ1) is 4.71. The average molecular weight is 143 g/mol. The molecule has 58 valence electrons. The van der Waals surface area contributed by atoms with Crippen LogP contribution in [-0.2, 0) is 9.53 Å². The Bertz CT molecular complexity index is 139. The number of primary amides is 1. The Morgan fingerprint density at radius 2 is 2.50 bits per heavy atom. The van der Waals surface area contributed by atoms with E-state index in [1.807, 2.05) is 6.92 Å². The average Bonchev–Trinajstić information content (AvgIpc) is 2.35. The molecule has 1 rings (SSSR count). The lowest BCUT2D eigenvalue weighted by molar-refractivity contribution is -0.127. The molecule has 1 amide bonds. The molecule has 1 heterocycles. The van der Waals surface area contributed by atoms with E-state index >= 15 is 0 Å². The summed E-state index contributed by atoms with van der Waals surface area (Å²) in [6.07, 6.45) is 1.58. The van der Waals surface area contributed by atoms with Crippen LogP contribution >= 0.6 is 0 Å². The predicted molar refractivity (Wildman–Crippen MR) is 37.4 cm³/mol. The van der Waals surface area contributed by atoms with E-state index in [4.69, 9.17) is 10.5 Å². The van der Waals surface area contributed by atoms with E-state index in [0.29, 0.717) is 13.2 Å². The highest BCUT2D eigenvalue weighted by Gasteiger charge is 2.38. The van der Waals surface area contributed by atoms with E-state index in [2.05, 4.69) is 0 Å². The van der Waals surface area contributed by atoms with Crippen molar-refractivity contribution in [1.29, 1.82) is 0 Å². The molecule has 1 fully saturated rings. The zero-order valence-corrected chi connectivity index (χ0v) is 6.22. The summed E-state index contributed by atoms with van der Waals surface area (Å²) >= 11 is 0. The standard InChI is InChI=1S/C7H13NO2/c1-2-7(6(8)9)3-4-10-5-7/h2-5H2,1H3,(H2,8,9). The molecule has 2 N–H and O–H groups in total. The number of hydrogen-bond acceptors (Lipinski definition) is 2. The molecule has 10 heavy (non-hydrogen) atoms. The van der Waals surface area contributed by atoms with Crippen molar-refractivity contribution < 1.29 is 9.53 Å². The van der Waals surface area contributed by atoms with Gasteiger partial charge in [-0.25, -0.2) is 0 Å². The fourth-order valence-corrected chi connectivity index (χ4v) is 1.25. The Morgan fingerprint density at radius 3 is 2.70 bits per heavy atom. The molecule has 1 aliphatic heterocycles. The smallest absolute Gasteiger partial charge is 0.226 e. The molecule has 0 radical (unpaired) electrons. The first-order valence-corrected chi connectivity index (χ1v) is 3.59. The normalized spacial score (nSPS) is 32.5. The molecule has 3 heteroatoms. The predicted octanol–water partition coefficient (Wildman–Crippen LogP) is 0.288. The van der Waals surface area contributed by atoms with E-state index in [0.717, 1.165) is 12.8 Å². The largest absolute Gasteiger partial charge is 0.380 e. The van der Waals surface area contributed by atoms with Crippen LogP contribution in [0.5, 0.6) is 0 Å². The Morgan fingerprint density at radius 1 is 1.80 bits per heavy atom. The van der Waals surface area contributed by atoms with Gasteiger partial charge in [-0.3, -0.25) is 4.79 Å². The summed E-state index contributed by atoms with van der Waals surface area (Å²) in [6, 6.07) is 0. The molecule has 0 spiro atoms. The van der Waals surface area contributed by atoms with Crippen LogP contribution in [-0.4, -0.2) is 19.1 Å². The van der Waals surface area contributed by atoms with E-state index in [1.165, 1.54) is 0 Å². The number of hydrogen-bond donors (Lipinski definition) is 1. The monoisotopic (exact) mass is 143 g/mol. The zero-order chi connectivity index (χ0) is 7.61. The quantitative estimate of drug-likeness (QED) is 0.604. The minimum Gasteiger partial charge on any atom is -0.380 e. The second-order valence-electron chi connectivity index (χ2n) is 2.80. The van der Waals surface area contributed by atoms with Crippen molar-refractivity contribution in [3.05, 3.63) is 0 Å². The van der Waals surface area contributed by atoms with Gasteiger partial charge in [0.05, 0.1) is 12.0 Å². The Hall–Kier alpha value is -0.570. The topological polar surface area (TPSA) is 52.3 Å². The van der Waals surface area contributed by atoms with Crippen LogP contribution in [0.2, 0.25) is 0 Å². The lowest BCUT2D eigenvalue weighted by Gasteiger charge is -2.20. The molecular formula is C7H13NO2. The molecule has 1 atom stereocenters. The number of amides is 1. The van der Waals surface area contributed by atoms with Crippen LogP contribution in [0.3, 0.4) is 0 Å². The van der Waals surface area contributed by atoms with Gasteiger partial charge in [-0.05, 0) is 12.8 Å². The van der Waals surface area contributed by atoms with E-state index in [9.17, 15) is 4.79 Å². The summed E-state index contributed by atoms with van der Waals surface area (Å²) in [4.78, 5) is 10.9. The molecule has 1 aliphatic rings. The number of ether oxygens (including phenoxy) is 1. The SMILES string of the molecule is CCC1(C(N)=O)CCOC1. The van der Waals surface area contributed by atoms with Gasteiger partial charge >= 0.3 is 0 Å². The maximum Gasteiger partial charge on any atom is 0.226 e. The van der Waals surface area contributed by atoms with Crippen LogP contribution in [0.1, 0.15) is 19.8 Å². The molecule has 0 bridgehead atoms. The molecule has 0 aliphatic carbocycles. The number of nitrogens with two attached hydrogens (primary N) is 1. The van der Waals surface area contributed by atoms with Crippen LogP contribution < -0.4 is 5.73 Å². The summed E-state index contributed by atoms with van der Waals surface area (Å²) in [7, 11) is 0. The highest BCUT2D eigenvalue weighted by molar-refractivity contribution is 5.81. The lowest BCUT2D eigenvalue weighted by Crippen LogP contribution is -2.36. The molecule has 1 saturated heterocycles. The highest BCUT2D eigenvalue weighted by Crippen LogP contribution is 2.31. The summed E-state index contributed by atoms with van der Waals surface area (Å²) < 4.78 is 5.11. The molecule has 1 unspecified atom stereocenters. The number of carbonyl (C=O) groups excluding carboxylic acids is 1. The van der Waals surface area contributed by atoms with Gasteiger partial charge in [0.1, 0.15) is 0 Å². The minimum atomic E-state index is -0.347. The molecule has 0 aromatic carbocycles. The van der Waals surface area contributed by atoms with Crippen LogP contribution in [0.15, 0.2) is 0 Å². The molecule has 0 aromatic rings. The first-order valence-electron chi connectivity index (χ1n) is 3.59. The van der Waals surface area contributed by atoms with Crippen molar-refractivity contribution in [2.45, 2.75) is 19.8 Å². The maximum absolute atomic E-state index is 10.9. The van der Waals surface area contributed by atoms with Gasteiger partial charge in [-0.15, -0.1) is 0 Å². The van der Waals surface area contributed by atoms with Gasteiger partial charge in [0, 0.05) is 6.61 Å². The van der Waals surface area contributed by atoms with Gasteiger partial charge < -0.3 is 10.5 Å². The second kappa shape index (κ2) is 2.58. The molecule has 3 nitrogen and oxygen atoms in total. The number of carbonyl (C=O) groups is 1. The minimum absolute atomic E-state index is 0.215. The van der Waals surface area contributed by atoms with E-state index < -0.39 is 0 Å². The third-order valence-electron chi connectivity index (χ3n) is 2.30. The maximum atomic E-state index is 10.9. The van der Waals surface area contributed by atoms with Gasteiger partial charge in [0.25, 0.3) is 0 Å². The fraction of sp³-hybridized carbons (Fsp3) is 0.857. The fourth-order valence-electron chi connectivity index (χ4n) is 1.25. The second-order valence-corrected chi connectivity index (χ2v) is 2.80. The van der Waals surface area contributed by atoms with Gasteiger partial charge in [-0.1, -0.05) is 6.92 Å². The van der Waals surface area contributed by atoms with Gasteiger partial charge in [0.15, 0.2) is 0 Å². The summed E-state index contributed by atoms with van der Waals surface area (Å²) in [5, 5.41) is 0. The van der Waals surface area contributed by atoms with Gasteiger partial charge in [-0.2, -0.15) is 0 Å². The van der Waals surface area contributed by atoms with E-state index in [-0.39, 0.29) is 11.3 Å². The summed E-state index contributed by atoms with van der Waals surface area (Å²) in [6.45, 7) is 3.16. The van der Waals surface area contributed by atoms with Crippen LogP contribution in [0.4, 0.5) is 0 Å². The lowest BCUT2D eigenvalue weighted by atomic mass is 9.84. The van der Waals surface area contributed by atoms with Gasteiger partial charge in [0.2, 0.25) is 5.91 Å². The number of rotatable bonds is 2. The first kappa shape index (κ1) is 7.54. The Kier molecular flexibility index (Phi) is 1.94. The van der Waals surface area contributed by atoms with Crippen molar-refractivity contribution in [3.63, 3.8) is 0 Å². The molecule has 0 saturated carbocycles.